The van der Waals surface area contributed by atoms with E-state index in [9.17, 15) is 4.79 Å². The van der Waals surface area contributed by atoms with Gasteiger partial charge in [0.1, 0.15) is 0 Å². The molecule has 1 heterocycles. The van der Waals surface area contributed by atoms with Crippen LogP contribution in [0, 0.1) is 12.8 Å². The maximum atomic E-state index is 12.2. The molecule has 1 saturated heterocycles. The molecule has 0 saturated carbocycles. The first-order chi connectivity index (χ1) is 9.11. The molecule has 0 aromatic heterocycles. The average Bonchev–Trinajstić information content (AvgIpc) is 2.86. The summed E-state index contributed by atoms with van der Waals surface area (Å²) in [7, 11) is 0. The second-order valence-electron chi connectivity index (χ2n) is 5.04. The number of carbonyl (C=O) groups is 1. The van der Waals surface area contributed by atoms with Gasteiger partial charge < -0.3 is 10.1 Å². The van der Waals surface area contributed by atoms with E-state index in [1.807, 2.05) is 25.1 Å². The van der Waals surface area contributed by atoms with E-state index < -0.39 is 0 Å². The Balaban J connectivity index is 1.96. The van der Waals surface area contributed by atoms with Gasteiger partial charge in [-0.2, -0.15) is 0 Å². The Morgan fingerprint density at radius 1 is 1.53 bits per heavy atom. The molecule has 2 rings (SSSR count). The third-order valence-corrected chi connectivity index (χ3v) is 4.21. The van der Waals surface area contributed by atoms with Crippen LogP contribution in [0.5, 0.6) is 0 Å². The van der Waals surface area contributed by atoms with Gasteiger partial charge in [-0.15, -0.1) is 0 Å². The number of carbonyl (C=O) groups excluding carboxylic acids is 1. The lowest BCUT2D eigenvalue weighted by Gasteiger charge is -2.17. The molecule has 2 atom stereocenters. The minimum atomic E-state index is 0.000512. The Hall–Kier alpha value is -0.870. The highest BCUT2D eigenvalue weighted by molar-refractivity contribution is 9.10. The quantitative estimate of drug-likeness (QED) is 0.922. The summed E-state index contributed by atoms with van der Waals surface area (Å²) in [6, 6.07) is 5.77. The number of ether oxygens (including phenoxy) is 1. The summed E-state index contributed by atoms with van der Waals surface area (Å²) in [4.78, 5) is 12.2. The van der Waals surface area contributed by atoms with E-state index in [0.29, 0.717) is 18.6 Å². The van der Waals surface area contributed by atoms with E-state index in [1.54, 1.807) is 0 Å². The largest absolute Gasteiger partial charge is 0.378 e. The average molecular weight is 326 g/mol. The normalized spacial score (nSPS) is 22.5. The van der Waals surface area contributed by atoms with Crippen LogP contribution in [0.2, 0.25) is 0 Å². The Labute approximate surface area is 122 Å². The van der Waals surface area contributed by atoms with Crippen molar-refractivity contribution in [2.45, 2.75) is 32.8 Å². The van der Waals surface area contributed by atoms with E-state index in [4.69, 9.17) is 4.74 Å². The van der Waals surface area contributed by atoms with E-state index in [-0.39, 0.29) is 5.91 Å². The Kier molecular flexibility index (Phi) is 4.99. The smallest absolute Gasteiger partial charge is 0.251 e. The van der Waals surface area contributed by atoms with Gasteiger partial charge in [-0.25, -0.2) is 0 Å². The number of hydrogen-bond acceptors (Lipinski definition) is 2. The minimum Gasteiger partial charge on any atom is -0.378 e. The number of aryl methyl sites for hydroxylation is 1. The molecule has 1 aliphatic rings. The topological polar surface area (TPSA) is 38.3 Å². The van der Waals surface area contributed by atoms with E-state index in [0.717, 1.165) is 35.0 Å². The van der Waals surface area contributed by atoms with Gasteiger partial charge in [0.25, 0.3) is 5.91 Å². The van der Waals surface area contributed by atoms with Gasteiger partial charge in [0.2, 0.25) is 0 Å². The van der Waals surface area contributed by atoms with Crippen molar-refractivity contribution < 1.29 is 9.53 Å². The number of hydrogen-bond donors (Lipinski definition) is 1. The van der Waals surface area contributed by atoms with Crippen LogP contribution in [0.1, 0.15) is 35.7 Å². The summed E-state index contributed by atoms with van der Waals surface area (Å²) in [5, 5.41) is 3.03. The summed E-state index contributed by atoms with van der Waals surface area (Å²) in [5.74, 6) is 0.446. The van der Waals surface area contributed by atoms with Crippen LogP contribution in [0.3, 0.4) is 0 Å². The first-order valence-electron chi connectivity index (χ1n) is 6.77. The maximum absolute atomic E-state index is 12.2. The van der Waals surface area contributed by atoms with Crippen LogP contribution in [-0.2, 0) is 4.74 Å². The molecule has 0 bridgehead atoms. The predicted octanol–water partition coefficient (Wildman–Crippen LogP) is 3.30. The van der Waals surface area contributed by atoms with Crippen molar-refractivity contribution in [3.05, 3.63) is 33.8 Å². The molecule has 0 spiro atoms. The van der Waals surface area contributed by atoms with Crippen molar-refractivity contribution in [2.24, 2.45) is 5.92 Å². The summed E-state index contributed by atoms with van der Waals surface area (Å²) in [5.41, 5.74) is 1.73. The fraction of sp³-hybridized carbons (Fsp3) is 0.533. The van der Waals surface area contributed by atoms with Gasteiger partial charge in [0, 0.05) is 29.1 Å². The van der Waals surface area contributed by atoms with Crippen LogP contribution in [-0.4, -0.2) is 25.2 Å². The van der Waals surface area contributed by atoms with E-state index in [2.05, 4.69) is 28.2 Å². The molecule has 0 aliphatic carbocycles. The molecule has 1 aromatic carbocycles. The Morgan fingerprint density at radius 2 is 2.32 bits per heavy atom. The summed E-state index contributed by atoms with van der Waals surface area (Å²) in [6.45, 7) is 5.59. The van der Waals surface area contributed by atoms with Crippen molar-refractivity contribution in [3.8, 4) is 0 Å². The van der Waals surface area contributed by atoms with Crippen molar-refractivity contribution >= 4 is 21.8 Å². The summed E-state index contributed by atoms with van der Waals surface area (Å²) < 4.78 is 6.57. The zero-order chi connectivity index (χ0) is 13.8. The molecule has 104 valence electrons. The zero-order valence-electron chi connectivity index (χ0n) is 11.4. The van der Waals surface area contributed by atoms with Crippen molar-refractivity contribution in [2.75, 3.05) is 13.2 Å². The summed E-state index contributed by atoms with van der Waals surface area (Å²) in [6.07, 6.45) is 2.34. The first-order valence-corrected chi connectivity index (χ1v) is 7.57. The molecule has 2 unspecified atom stereocenters. The van der Waals surface area contributed by atoms with Crippen molar-refractivity contribution in [1.29, 1.82) is 0 Å². The SMILES string of the molecule is CCC1OCCC1CNC(=O)c1cc(Br)ccc1C. The molecule has 1 N–H and O–H groups in total. The monoisotopic (exact) mass is 325 g/mol. The number of halogens is 1. The Morgan fingerprint density at radius 3 is 3.05 bits per heavy atom. The van der Waals surface area contributed by atoms with Crippen LogP contribution in [0.4, 0.5) is 0 Å². The predicted molar refractivity (Wildman–Crippen MR) is 79.4 cm³/mol. The standard InChI is InChI=1S/C15H20BrNO2/c1-3-14-11(6-7-19-14)9-17-15(18)13-8-12(16)5-4-10(13)2/h4-5,8,11,14H,3,6-7,9H2,1-2H3,(H,17,18). The molecule has 1 aliphatic heterocycles. The number of amides is 1. The van der Waals surface area contributed by atoms with Crippen LogP contribution < -0.4 is 5.32 Å². The molecule has 1 fully saturated rings. The number of benzene rings is 1. The fourth-order valence-corrected chi connectivity index (χ4v) is 2.90. The number of nitrogens with one attached hydrogen (secondary N) is 1. The molecule has 3 nitrogen and oxygen atoms in total. The minimum absolute atomic E-state index is 0.000512. The van der Waals surface area contributed by atoms with Gasteiger partial charge in [-0.3, -0.25) is 4.79 Å². The zero-order valence-corrected chi connectivity index (χ0v) is 13.0. The third kappa shape index (κ3) is 3.57. The molecular formula is C15H20BrNO2. The van der Waals surface area contributed by atoms with Crippen LogP contribution in [0.15, 0.2) is 22.7 Å². The second kappa shape index (κ2) is 6.53. The highest BCUT2D eigenvalue weighted by Gasteiger charge is 2.27. The molecule has 4 heteroatoms. The van der Waals surface area contributed by atoms with Crippen LogP contribution >= 0.6 is 15.9 Å². The van der Waals surface area contributed by atoms with Gasteiger partial charge >= 0.3 is 0 Å². The molecule has 19 heavy (non-hydrogen) atoms. The lowest BCUT2D eigenvalue weighted by molar-refractivity contribution is 0.0826. The number of rotatable bonds is 4. The van der Waals surface area contributed by atoms with Gasteiger partial charge in [-0.1, -0.05) is 28.9 Å². The highest BCUT2D eigenvalue weighted by Crippen LogP contribution is 2.23. The molecule has 1 amide bonds. The van der Waals surface area contributed by atoms with Gasteiger partial charge in [0.05, 0.1) is 6.10 Å². The Bertz CT molecular complexity index is 461. The maximum Gasteiger partial charge on any atom is 0.251 e. The van der Waals surface area contributed by atoms with Crippen LogP contribution in [0.25, 0.3) is 0 Å². The molecule has 1 aromatic rings. The summed E-state index contributed by atoms with van der Waals surface area (Å²) >= 11 is 3.40. The highest BCUT2D eigenvalue weighted by atomic mass is 79.9. The van der Waals surface area contributed by atoms with Crippen molar-refractivity contribution in [3.63, 3.8) is 0 Å². The third-order valence-electron chi connectivity index (χ3n) is 3.72. The fourth-order valence-electron chi connectivity index (χ4n) is 2.54. The van der Waals surface area contributed by atoms with E-state index in [1.165, 1.54) is 0 Å². The second-order valence-corrected chi connectivity index (χ2v) is 5.95. The van der Waals surface area contributed by atoms with Crippen molar-refractivity contribution in [1.82, 2.24) is 5.32 Å². The van der Waals surface area contributed by atoms with Gasteiger partial charge in [0.15, 0.2) is 0 Å². The lowest BCUT2D eigenvalue weighted by Crippen LogP contribution is -2.33. The molecular weight excluding hydrogens is 306 g/mol. The molecule has 0 radical (unpaired) electrons. The lowest BCUT2D eigenvalue weighted by atomic mass is 9.99. The first kappa shape index (κ1) is 14.5. The van der Waals surface area contributed by atoms with Gasteiger partial charge in [-0.05, 0) is 37.5 Å². The van der Waals surface area contributed by atoms with E-state index >= 15 is 0 Å².